The topological polar surface area (TPSA) is 65.2 Å². The average Bonchev–Trinajstić information content (AvgIpc) is 2.73. The fourth-order valence-corrected chi connectivity index (χ4v) is 3.81. The first-order valence-electron chi connectivity index (χ1n) is 9.48. The smallest absolute Gasteiger partial charge is 0.255 e. The third kappa shape index (κ3) is 3.78. The van der Waals surface area contributed by atoms with Crippen LogP contribution >= 0.6 is 0 Å². The van der Waals surface area contributed by atoms with Gasteiger partial charge in [0.25, 0.3) is 5.56 Å². The lowest BCUT2D eigenvalue weighted by Crippen LogP contribution is -2.48. The molecule has 5 nitrogen and oxygen atoms in total. The lowest BCUT2D eigenvalue weighted by molar-refractivity contribution is -0.132. The van der Waals surface area contributed by atoms with Crippen molar-refractivity contribution in [1.82, 2.24) is 15.2 Å². The minimum atomic E-state index is -1.06. The predicted octanol–water partition coefficient (Wildman–Crippen LogP) is 2.52. The maximum absolute atomic E-state index is 13.7. The van der Waals surface area contributed by atoms with Crippen LogP contribution in [0.1, 0.15) is 16.7 Å². The minimum absolute atomic E-state index is 0.0227. The number of carbonyl (C=O) groups is 1. The first-order chi connectivity index (χ1) is 13.9. The van der Waals surface area contributed by atoms with Crippen LogP contribution in [0, 0.1) is 11.6 Å². The lowest BCUT2D eigenvalue weighted by atomic mass is 9.95. The second-order valence-electron chi connectivity index (χ2n) is 7.37. The number of aromatic nitrogens is 1. The molecule has 2 heterocycles. The fraction of sp³-hybridized carbons (Fsp3) is 0.273. The van der Waals surface area contributed by atoms with Crippen molar-refractivity contribution in [2.45, 2.75) is 25.4 Å². The Bertz CT molecular complexity index is 1140. The molecule has 1 aromatic heterocycles. The highest BCUT2D eigenvalue weighted by molar-refractivity contribution is 5.85. The zero-order valence-electron chi connectivity index (χ0n) is 16.0. The number of H-pyrrole nitrogens is 1. The van der Waals surface area contributed by atoms with E-state index < -0.39 is 17.2 Å². The van der Waals surface area contributed by atoms with Crippen LogP contribution in [-0.4, -0.2) is 35.4 Å². The number of aromatic amines is 1. The monoisotopic (exact) mass is 397 g/mol. The number of amides is 1. The van der Waals surface area contributed by atoms with Crippen LogP contribution < -0.4 is 10.9 Å². The van der Waals surface area contributed by atoms with E-state index in [0.29, 0.717) is 36.9 Å². The van der Waals surface area contributed by atoms with Crippen molar-refractivity contribution in [2.24, 2.45) is 0 Å². The molecule has 150 valence electrons. The van der Waals surface area contributed by atoms with Gasteiger partial charge in [0.15, 0.2) is 11.6 Å². The number of fused-ring (bicyclic) bond motifs is 2. The molecule has 0 bridgehead atoms. The molecule has 1 aliphatic rings. The van der Waals surface area contributed by atoms with Crippen molar-refractivity contribution >= 4 is 16.7 Å². The Morgan fingerprint density at radius 3 is 2.59 bits per heavy atom. The number of rotatable bonds is 4. The SMILES string of the molecule is CN(CCc1c[nH]c(=O)c2cc(F)c(F)cc12)C(=O)[C@@H]1Cc2ccccc2CN1. The van der Waals surface area contributed by atoms with E-state index >= 15 is 0 Å². The quantitative estimate of drug-likeness (QED) is 0.711. The van der Waals surface area contributed by atoms with Gasteiger partial charge in [0, 0.05) is 26.3 Å². The van der Waals surface area contributed by atoms with Gasteiger partial charge in [0.05, 0.1) is 11.4 Å². The summed E-state index contributed by atoms with van der Waals surface area (Å²) in [6.07, 6.45) is 2.53. The lowest BCUT2D eigenvalue weighted by Gasteiger charge is -2.29. The standard InChI is InChI=1S/C22H21F2N3O2/c1-27(22(29)20-8-13-4-2-3-5-14(13)11-25-20)7-6-15-12-26-21(28)17-10-19(24)18(23)9-16(15)17/h2-5,9-10,12,20,25H,6-8,11H2,1H3,(H,26,28)/t20-/m0/s1. The maximum atomic E-state index is 13.7. The summed E-state index contributed by atoms with van der Waals surface area (Å²) >= 11 is 0. The summed E-state index contributed by atoms with van der Waals surface area (Å²) in [6.45, 7) is 1.04. The molecule has 1 aliphatic heterocycles. The second kappa shape index (κ2) is 7.75. The van der Waals surface area contributed by atoms with Crippen molar-refractivity contribution in [3.05, 3.63) is 81.3 Å². The summed E-state index contributed by atoms with van der Waals surface area (Å²) in [5.74, 6) is -2.08. The number of nitrogens with one attached hydrogen (secondary N) is 2. The Morgan fingerprint density at radius 2 is 1.83 bits per heavy atom. The number of halogens is 2. The highest BCUT2D eigenvalue weighted by Gasteiger charge is 2.26. The molecule has 0 saturated carbocycles. The normalized spacial score (nSPS) is 15.9. The van der Waals surface area contributed by atoms with Crippen LogP contribution in [0.15, 0.2) is 47.4 Å². The predicted molar refractivity (Wildman–Crippen MR) is 107 cm³/mol. The third-order valence-electron chi connectivity index (χ3n) is 5.50. The van der Waals surface area contributed by atoms with Gasteiger partial charge in [-0.1, -0.05) is 24.3 Å². The molecule has 0 spiro atoms. The van der Waals surface area contributed by atoms with Crippen molar-refractivity contribution in [2.75, 3.05) is 13.6 Å². The number of hydrogen-bond acceptors (Lipinski definition) is 3. The van der Waals surface area contributed by atoms with Gasteiger partial charge in [-0.05, 0) is 47.1 Å². The highest BCUT2D eigenvalue weighted by Crippen LogP contribution is 2.20. The zero-order chi connectivity index (χ0) is 20.5. The van der Waals surface area contributed by atoms with E-state index in [1.807, 2.05) is 18.2 Å². The van der Waals surface area contributed by atoms with Crippen molar-refractivity contribution in [3.8, 4) is 0 Å². The number of carbonyl (C=O) groups excluding carboxylic acids is 1. The summed E-state index contributed by atoms with van der Waals surface area (Å²) in [6, 6.07) is 9.69. The Kier molecular flexibility index (Phi) is 5.15. The van der Waals surface area contributed by atoms with Crippen LogP contribution in [0.25, 0.3) is 10.8 Å². The molecule has 0 aliphatic carbocycles. The molecular formula is C22H21F2N3O2. The van der Waals surface area contributed by atoms with Crippen molar-refractivity contribution < 1.29 is 13.6 Å². The van der Waals surface area contributed by atoms with E-state index in [-0.39, 0.29) is 17.3 Å². The molecule has 1 atom stereocenters. The van der Waals surface area contributed by atoms with Gasteiger partial charge >= 0.3 is 0 Å². The first-order valence-corrected chi connectivity index (χ1v) is 9.48. The molecule has 4 rings (SSSR count). The summed E-state index contributed by atoms with van der Waals surface area (Å²) in [5, 5.41) is 3.73. The van der Waals surface area contributed by atoms with E-state index in [1.165, 1.54) is 17.3 Å². The fourth-order valence-electron chi connectivity index (χ4n) is 3.81. The van der Waals surface area contributed by atoms with Gasteiger partial charge in [0.2, 0.25) is 5.91 Å². The van der Waals surface area contributed by atoms with Crippen LogP contribution in [0.5, 0.6) is 0 Å². The van der Waals surface area contributed by atoms with E-state index in [0.717, 1.165) is 12.1 Å². The van der Waals surface area contributed by atoms with E-state index in [1.54, 1.807) is 11.9 Å². The molecule has 0 fully saturated rings. The Balaban J connectivity index is 1.48. The first kappa shape index (κ1) is 19.3. The van der Waals surface area contributed by atoms with Crippen LogP contribution in [0.3, 0.4) is 0 Å². The summed E-state index contributed by atoms with van der Waals surface area (Å²) in [7, 11) is 1.72. The molecule has 3 aromatic rings. The molecule has 0 radical (unpaired) electrons. The Hall–Kier alpha value is -3.06. The van der Waals surface area contributed by atoms with Crippen LogP contribution in [-0.2, 0) is 24.2 Å². The second-order valence-corrected chi connectivity index (χ2v) is 7.37. The Morgan fingerprint density at radius 1 is 1.14 bits per heavy atom. The Labute approximate surface area is 166 Å². The molecule has 0 saturated heterocycles. The molecule has 2 N–H and O–H groups in total. The summed E-state index contributed by atoms with van der Waals surface area (Å²) in [4.78, 5) is 29.0. The molecular weight excluding hydrogens is 376 g/mol. The van der Waals surface area contributed by atoms with Gasteiger partial charge in [-0.3, -0.25) is 9.59 Å². The molecule has 7 heteroatoms. The number of hydrogen-bond donors (Lipinski definition) is 2. The van der Waals surface area contributed by atoms with Crippen LogP contribution in [0.2, 0.25) is 0 Å². The maximum Gasteiger partial charge on any atom is 0.255 e. The zero-order valence-corrected chi connectivity index (χ0v) is 16.0. The van der Waals surface area contributed by atoms with Crippen molar-refractivity contribution in [1.29, 1.82) is 0 Å². The molecule has 29 heavy (non-hydrogen) atoms. The van der Waals surface area contributed by atoms with E-state index in [9.17, 15) is 18.4 Å². The third-order valence-corrected chi connectivity index (χ3v) is 5.50. The number of pyridine rings is 1. The van der Waals surface area contributed by atoms with E-state index in [4.69, 9.17) is 0 Å². The van der Waals surface area contributed by atoms with Gasteiger partial charge < -0.3 is 15.2 Å². The minimum Gasteiger partial charge on any atom is -0.344 e. The summed E-state index contributed by atoms with van der Waals surface area (Å²) in [5.41, 5.74) is 2.55. The van der Waals surface area contributed by atoms with E-state index in [2.05, 4.69) is 16.4 Å². The van der Waals surface area contributed by atoms with Gasteiger partial charge in [-0.25, -0.2) is 8.78 Å². The van der Waals surface area contributed by atoms with Crippen molar-refractivity contribution in [3.63, 3.8) is 0 Å². The average molecular weight is 397 g/mol. The van der Waals surface area contributed by atoms with Crippen LogP contribution in [0.4, 0.5) is 8.78 Å². The summed E-state index contributed by atoms with van der Waals surface area (Å²) < 4.78 is 27.2. The molecule has 0 unspecified atom stereocenters. The van der Waals surface area contributed by atoms with Gasteiger partial charge in [0.1, 0.15) is 0 Å². The number of likely N-dealkylation sites (N-methyl/N-ethyl adjacent to an activating group) is 1. The van der Waals surface area contributed by atoms with Gasteiger partial charge in [-0.15, -0.1) is 0 Å². The largest absolute Gasteiger partial charge is 0.344 e. The highest BCUT2D eigenvalue weighted by atomic mass is 19.2. The number of nitrogens with zero attached hydrogens (tertiary/aromatic N) is 1. The molecule has 2 aromatic carbocycles. The number of benzene rings is 2. The van der Waals surface area contributed by atoms with Gasteiger partial charge in [-0.2, -0.15) is 0 Å². The molecule has 1 amide bonds.